The monoisotopic (exact) mass is 270 g/mol. The molecule has 0 spiro atoms. The van der Waals surface area contributed by atoms with Crippen LogP contribution in [0.25, 0.3) is 10.9 Å². The van der Waals surface area contributed by atoms with Gasteiger partial charge < -0.3 is 9.36 Å². The van der Waals surface area contributed by atoms with E-state index in [0.29, 0.717) is 19.4 Å². The van der Waals surface area contributed by atoms with Gasteiger partial charge in [0.15, 0.2) is 0 Å². The summed E-state index contributed by atoms with van der Waals surface area (Å²) in [7, 11) is 0. The molecule has 1 unspecified atom stereocenters. The lowest BCUT2D eigenvalue weighted by molar-refractivity contribution is -0.134. The van der Waals surface area contributed by atoms with Crippen LogP contribution in [0.4, 0.5) is 0 Å². The molecule has 5 nitrogen and oxygen atoms in total. The maximum absolute atomic E-state index is 11.9. The minimum absolute atomic E-state index is 0.211. The molecule has 5 heteroatoms. The molecule has 1 aromatic carbocycles. The lowest BCUT2D eigenvalue weighted by Crippen LogP contribution is -2.39. The van der Waals surface area contributed by atoms with Gasteiger partial charge in [0, 0.05) is 18.1 Å². The summed E-state index contributed by atoms with van der Waals surface area (Å²) in [5, 5.41) is 3.40. The van der Waals surface area contributed by atoms with Crippen molar-refractivity contribution < 1.29 is 14.4 Å². The molecule has 0 aliphatic carbocycles. The summed E-state index contributed by atoms with van der Waals surface area (Å²) in [6.07, 6.45) is 3.60. The van der Waals surface area contributed by atoms with E-state index in [1.165, 1.54) is 0 Å². The van der Waals surface area contributed by atoms with Crippen LogP contribution in [-0.4, -0.2) is 22.7 Å². The van der Waals surface area contributed by atoms with Crippen molar-refractivity contribution in [1.82, 2.24) is 9.88 Å². The second-order valence-electron chi connectivity index (χ2n) is 4.96. The Kier molecular flexibility index (Phi) is 3.10. The fourth-order valence-corrected chi connectivity index (χ4v) is 2.67. The number of fused-ring (bicyclic) bond motifs is 1. The van der Waals surface area contributed by atoms with E-state index in [0.717, 1.165) is 22.8 Å². The van der Waals surface area contributed by atoms with E-state index in [1.807, 2.05) is 35.0 Å². The van der Waals surface area contributed by atoms with E-state index in [2.05, 4.69) is 5.32 Å². The van der Waals surface area contributed by atoms with Crippen molar-refractivity contribution in [3.05, 3.63) is 36.0 Å². The summed E-state index contributed by atoms with van der Waals surface area (Å²) >= 11 is 0. The number of carbonyl (C=O) groups excluding carboxylic acids is 3. The standard InChI is InChI=1S/C15H14N2O3/c18-8-7-17-6-5-10-1-2-11(9-13(10)17)12-3-4-14(19)16-15(12)20/h1-2,5-6,8-9,12H,3-4,7H2,(H,16,19,20). The maximum Gasteiger partial charge on any atom is 0.234 e. The molecule has 1 N–H and O–H groups in total. The van der Waals surface area contributed by atoms with Crippen LogP contribution in [0.1, 0.15) is 24.3 Å². The molecule has 0 radical (unpaired) electrons. The predicted octanol–water partition coefficient (Wildman–Crippen LogP) is 1.36. The zero-order valence-electron chi connectivity index (χ0n) is 10.8. The summed E-state index contributed by atoms with van der Waals surface area (Å²) in [6, 6.07) is 7.72. The number of amides is 2. The first-order chi connectivity index (χ1) is 9.69. The second-order valence-corrected chi connectivity index (χ2v) is 4.96. The number of aldehydes is 1. The number of nitrogens with zero attached hydrogens (tertiary/aromatic N) is 1. The van der Waals surface area contributed by atoms with Gasteiger partial charge >= 0.3 is 0 Å². The molecule has 1 saturated heterocycles. The number of nitrogens with one attached hydrogen (secondary N) is 1. The average molecular weight is 270 g/mol. The van der Waals surface area contributed by atoms with Gasteiger partial charge in [0.1, 0.15) is 6.29 Å². The number of rotatable bonds is 3. The predicted molar refractivity (Wildman–Crippen MR) is 73.1 cm³/mol. The minimum atomic E-state index is -0.295. The molecule has 3 rings (SSSR count). The van der Waals surface area contributed by atoms with Crippen LogP contribution < -0.4 is 5.32 Å². The van der Waals surface area contributed by atoms with E-state index >= 15 is 0 Å². The van der Waals surface area contributed by atoms with Gasteiger partial charge in [-0.05, 0) is 29.5 Å². The summed E-state index contributed by atoms with van der Waals surface area (Å²) < 4.78 is 1.84. The van der Waals surface area contributed by atoms with Crippen LogP contribution in [0.5, 0.6) is 0 Å². The van der Waals surface area contributed by atoms with Gasteiger partial charge in [-0.1, -0.05) is 12.1 Å². The molecule has 2 heterocycles. The number of piperidine rings is 1. The molecule has 2 aromatic rings. The van der Waals surface area contributed by atoms with Crippen LogP contribution in [0, 0.1) is 0 Å². The van der Waals surface area contributed by atoms with E-state index < -0.39 is 0 Å². The van der Waals surface area contributed by atoms with Crippen LogP contribution >= 0.6 is 0 Å². The fourth-order valence-electron chi connectivity index (χ4n) is 2.67. The Morgan fingerprint density at radius 3 is 2.90 bits per heavy atom. The lowest BCUT2D eigenvalue weighted by atomic mass is 9.90. The van der Waals surface area contributed by atoms with E-state index in [-0.39, 0.29) is 17.7 Å². The molecule has 0 saturated carbocycles. The van der Waals surface area contributed by atoms with E-state index in [4.69, 9.17) is 0 Å². The molecule has 0 bridgehead atoms. The van der Waals surface area contributed by atoms with Gasteiger partial charge in [0.2, 0.25) is 11.8 Å². The molecule has 20 heavy (non-hydrogen) atoms. The third kappa shape index (κ3) is 2.11. The topological polar surface area (TPSA) is 68.2 Å². The molecule has 102 valence electrons. The molecule has 1 aliphatic heterocycles. The first-order valence-electron chi connectivity index (χ1n) is 6.55. The average Bonchev–Trinajstić information content (AvgIpc) is 2.82. The van der Waals surface area contributed by atoms with E-state index in [9.17, 15) is 14.4 Å². The number of hydrogen-bond donors (Lipinski definition) is 1. The first kappa shape index (κ1) is 12.6. The van der Waals surface area contributed by atoms with Gasteiger partial charge in [-0.15, -0.1) is 0 Å². The second kappa shape index (κ2) is 4.92. The molecule has 2 amide bonds. The van der Waals surface area contributed by atoms with Crippen LogP contribution in [0.15, 0.2) is 30.5 Å². The summed E-state index contributed by atoms with van der Waals surface area (Å²) in [5.41, 5.74) is 1.81. The summed E-state index contributed by atoms with van der Waals surface area (Å²) in [6.45, 7) is 0.294. The van der Waals surface area contributed by atoms with Gasteiger partial charge in [-0.25, -0.2) is 0 Å². The molecule has 1 aliphatic rings. The number of aromatic nitrogens is 1. The Balaban J connectivity index is 1.99. The van der Waals surface area contributed by atoms with E-state index in [1.54, 1.807) is 0 Å². The third-order valence-electron chi connectivity index (χ3n) is 3.71. The van der Waals surface area contributed by atoms with Crippen molar-refractivity contribution in [3.63, 3.8) is 0 Å². The highest BCUT2D eigenvalue weighted by Gasteiger charge is 2.28. The Labute approximate surface area is 115 Å². The number of benzene rings is 1. The fraction of sp³-hybridized carbons (Fsp3) is 0.267. The van der Waals surface area contributed by atoms with Crippen molar-refractivity contribution in [2.75, 3.05) is 0 Å². The van der Waals surface area contributed by atoms with Crippen LogP contribution in [0.2, 0.25) is 0 Å². The van der Waals surface area contributed by atoms with Gasteiger partial charge in [-0.2, -0.15) is 0 Å². The quantitative estimate of drug-likeness (QED) is 0.676. The van der Waals surface area contributed by atoms with Gasteiger partial charge in [-0.3, -0.25) is 14.9 Å². The number of imide groups is 1. The maximum atomic E-state index is 11.9. The van der Waals surface area contributed by atoms with Crippen molar-refractivity contribution >= 4 is 29.0 Å². The molecule has 1 aromatic heterocycles. The Hall–Kier alpha value is -2.43. The number of hydrogen-bond acceptors (Lipinski definition) is 3. The summed E-state index contributed by atoms with van der Waals surface area (Å²) in [5.74, 6) is -0.748. The third-order valence-corrected chi connectivity index (χ3v) is 3.71. The molecule has 1 fully saturated rings. The highest BCUT2D eigenvalue weighted by molar-refractivity contribution is 6.01. The lowest BCUT2D eigenvalue weighted by Gasteiger charge is -2.21. The first-order valence-corrected chi connectivity index (χ1v) is 6.55. The van der Waals surface area contributed by atoms with Gasteiger partial charge in [0.25, 0.3) is 0 Å². The number of carbonyl (C=O) groups is 3. The molecular formula is C15H14N2O3. The molecular weight excluding hydrogens is 256 g/mol. The Morgan fingerprint density at radius 1 is 1.30 bits per heavy atom. The highest BCUT2D eigenvalue weighted by Crippen LogP contribution is 2.28. The largest absolute Gasteiger partial charge is 0.340 e. The van der Waals surface area contributed by atoms with Crippen LogP contribution in [0.3, 0.4) is 0 Å². The van der Waals surface area contributed by atoms with Gasteiger partial charge in [0.05, 0.1) is 12.5 Å². The molecule has 1 atom stereocenters. The Bertz CT molecular complexity index is 702. The van der Waals surface area contributed by atoms with Crippen molar-refractivity contribution in [2.45, 2.75) is 25.3 Å². The minimum Gasteiger partial charge on any atom is -0.340 e. The normalized spacial score (nSPS) is 19.1. The van der Waals surface area contributed by atoms with Crippen molar-refractivity contribution in [1.29, 1.82) is 0 Å². The zero-order chi connectivity index (χ0) is 14.1. The Morgan fingerprint density at radius 2 is 2.15 bits per heavy atom. The SMILES string of the molecule is O=CCn1ccc2ccc(C3CCC(=O)NC3=O)cc21. The van der Waals surface area contributed by atoms with Crippen molar-refractivity contribution in [2.24, 2.45) is 0 Å². The van der Waals surface area contributed by atoms with Crippen molar-refractivity contribution in [3.8, 4) is 0 Å². The smallest absolute Gasteiger partial charge is 0.234 e. The zero-order valence-corrected chi connectivity index (χ0v) is 10.8. The van der Waals surface area contributed by atoms with Crippen LogP contribution in [-0.2, 0) is 20.9 Å². The highest BCUT2D eigenvalue weighted by atomic mass is 16.2. The summed E-state index contributed by atoms with van der Waals surface area (Å²) in [4.78, 5) is 33.7.